The summed E-state index contributed by atoms with van der Waals surface area (Å²) in [7, 11) is 1.58. The third kappa shape index (κ3) is 4.47. The number of nitrogens with two attached hydrogens (primary N) is 1. The van der Waals surface area contributed by atoms with Crippen LogP contribution in [0.2, 0.25) is 0 Å². The summed E-state index contributed by atoms with van der Waals surface area (Å²) in [6.07, 6.45) is 3.78. The van der Waals surface area contributed by atoms with Crippen LogP contribution in [0.3, 0.4) is 0 Å². The van der Waals surface area contributed by atoms with Crippen molar-refractivity contribution < 1.29 is 4.74 Å². The molecule has 1 aromatic rings. The van der Waals surface area contributed by atoms with Crippen molar-refractivity contribution in [3.8, 4) is 5.88 Å². The van der Waals surface area contributed by atoms with Crippen LogP contribution in [0.5, 0.6) is 5.88 Å². The largest absolute Gasteiger partial charge is 0.480 e. The van der Waals surface area contributed by atoms with Crippen LogP contribution in [0.15, 0.2) is 10.7 Å². The molecule has 5 nitrogen and oxygen atoms in total. The lowest BCUT2D eigenvalue weighted by molar-refractivity contribution is 0.394. The second kappa shape index (κ2) is 7.45. The summed E-state index contributed by atoms with van der Waals surface area (Å²) in [5.41, 5.74) is 5.55. The first kappa shape index (κ1) is 14.2. The molecule has 1 rings (SSSR count). The summed E-state index contributed by atoms with van der Waals surface area (Å²) in [6, 6.07) is 0. The van der Waals surface area contributed by atoms with Crippen molar-refractivity contribution in [3.05, 3.63) is 10.7 Å². The molecule has 1 aromatic heterocycles. The minimum Gasteiger partial charge on any atom is -0.480 e. The minimum atomic E-state index is 0.536. The van der Waals surface area contributed by atoms with E-state index in [1.54, 1.807) is 13.3 Å². The van der Waals surface area contributed by atoms with Crippen molar-refractivity contribution in [2.45, 2.75) is 19.8 Å². The number of ether oxygens (including phenoxy) is 1. The first-order chi connectivity index (χ1) is 8.21. The normalized spacial score (nSPS) is 12.2. The molecule has 6 heteroatoms. The van der Waals surface area contributed by atoms with Gasteiger partial charge in [-0.25, -0.2) is 4.98 Å². The smallest absolute Gasteiger partial charge is 0.232 e. The molecular weight excluding hydrogens is 284 g/mol. The maximum atomic E-state index is 5.55. The Labute approximate surface area is 110 Å². The summed E-state index contributed by atoms with van der Waals surface area (Å²) in [5.74, 6) is 1.67. The number of hydrogen-bond donors (Lipinski definition) is 2. The number of aromatic nitrogens is 2. The fourth-order valence-electron chi connectivity index (χ4n) is 1.50. The lowest BCUT2D eigenvalue weighted by Crippen LogP contribution is -2.18. The lowest BCUT2D eigenvalue weighted by atomic mass is 10.0. The monoisotopic (exact) mass is 302 g/mol. The second-order valence-corrected chi connectivity index (χ2v) is 4.64. The molecule has 3 N–H and O–H groups in total. The number of halogens is 1. The molecule has 0 radical (unpaired) electrons. The first-order valence-corrected chi connectivity index (χ1v) is 6.51. The zero-order chi connectivity index (χ0) is 12.7. The summed E-state index contributed by atoms with van der Waals surface area (Å²) in [6.45, 7) is 3.70. The zero-order valence-electron chi connectivity index (χ0n) is 10.2. The Kier molecular flexibility index (Phi) is 6.21. The highest BCUT2D eigenvalue weighted by Crippen LogP contribution is 2.22. The molecule has 96 valence electrons. The van der Waals surface area contributed by atoms with Crippen molar-refractivity contribution in [2.75, 3.05) is 25.5 Å². The number of methoxy groups -OCH3 is 1. The Morgan fingerprint density at radius 2 is 2.35 bits per heavy atom. The highest BCUT2D eigenvalue weighted by atomic mass is 79.9. The molecule has 17 heavy (non-hydrogen) atoms. The van der Waals surface area contributed by atoms with Gasteiger partial charge in [-0.05, 0) is 34.8 Å². The molecule has 0 aliphatic heterocycles. The van der Waals surface area contributed by atoms with Crippen LogP contribution >= 0.6 is 15.9 Å². The van der Waals surface area contributed by atoms with Gasteiger partial charge in [-0.3, -0.25) is 0 Å². The van der Waals surface area contributed by atoms with E-state index in [0.29, 0.717) is 24.3 Å². The SMILES string of the molecule is CCC(CCN)CNc1ncc(Br)c(OC)n1. The molecule has 1 heterocycles. The average Bonchev–Trinajstić information content (AvgIpc) is 2.36. The van der Waals surface area contributed by atoms with Gasteiger partial charge in [-0.1, -0.05) is 13.3 Å². The fraction of sp³-hybridized carbons (Fsp3) is 0.636. The van der Waals surface area contributed by atoms with Crippen LogP contribution in [0, 0.1) is 5.92 Å². The van der Waals surface area contributed by atoms with Gasteiger partial charge >= 0.3 is 0 Å². The lowest BCUT2D eigenvalue weighted by Gasteiger charge is -2.14. The molecular formula is C11H19BrN4O. The minimum absolute atomic E-state index is 0.536. The van der Waals surface area contributed by atoms with Crippen LogP contribution in [-0.2, 0) is 0 Å². The molecule has 0 saturated heterocycles. The Morgan fingerprint density at radius 1 is 1.59 bits per heavy atom. The van der Waals surface area contributed by atoms with Crippen LogP contribution in [0.4, 0.5) is 5.95 Å². The maximum absolute atomic E-state index is 5.55. The van der Waals surface area contributed by atoms with Gasteiger partial charge in [0.25, 0.3) is 0 Å². The quantitative estimate of drug-likeness (QED) is 0.806. The van der Waals surface area contributed by atoms with Crippen LogP contribution in [0.1, 0.15) is 19.8 Å². The highest BCUT2D eigenvalue weighted by Gasteiger charge is 2.08. The van der Waals surface area contributed by atoms with Gasteiger partial charge in [0.05, 0.1) is 17.8 Å². The fourth-order valence-corrected chi connectivity index (χ4v) is 1.85. The number of rotatable bonds is 7. The van der Waals surface area contributed by atoms with Crippen molar-refractivity contribution in [2.24, 2.45) is 11.7 Å². The third-order valence-electron chi connectivity index (χ3n) is 2.61. The van der Waals surface area contributed by atoms with Crippen LogP contribution in [0.25, 0.3) is 0 Å². The standard InChI is InChI=1S/C11H19BrN4O/c1-3-8(4-5-13)6-14-11-15-7-9(12)10(16-11)17-2/h7-8H,3-6,13H2,1-2H3,(H,14,15,16). The predicted octanol–water partition coefficient (Wildman–Crippen LogP) is 2.03. The van der Waals surface area contributed by atoms with Gasteiger partial charge in [0.2, 0.25) is 11.8 Å². The highest BCUT2D eigenvalue weighted by molar-refractivity contribution is 9.10. The molecule has 1 atom stereocenters. The molecule has 0 aliphatic rings. The van der Waals surface area contributed by atoms with Gasteiger partial charge in [0.15, 0.2) is 0 Å². The van der Waals surface area contributed by atoms with Gasteiger partial charge in [-0.15, -0.1) is 0 Å². The predicted molar refractivity (Wildman–Crippen MR) is 72.2 cm³/mol. The van der Waals surface area contributed by atoms with E-state index < -0.39 is 0 Å². The Morgan fingerprint density at radius 3 is 2.94 bits per heavy atom. The van der Waals surface area contributed by atoms with E-state index in [0.717, 1.165) is 23.9 Å². The van der Waals surface area contributed by atoms with Gasteiger partial charge in [0.1, 0.15) is 0 Å². The van der Waals surface area contributed by atoms with E-state index >= 15 is 0 Å². The second-order valence-electron chi connectivity index (χ2n) is 3.78. The van der Waals surface area contributed by atoms with Crippen molar-refractivity contribution >= 4 is 21.9 Å². The number of nitrogens with zero attached hydrogens (tertiary/aromatic N) is 2. The van der Waals surface area contributed by atoms with Gasteiger partial charge in [0, 0.05) is 6.54 Å². The maximum Gasteiger partial charge on any atom is 0.232 e. The topological polar surface area (TPSA) is 73.1 Å². The summed E-state index contributed by atoms with van der Waals surface area (Å²) in [4.78, 5) is 8.41. The zero-order valence-corrected chi connectivity index (χ0v) is 11.8. The van der Waals surface area contributed by atoms with Gasteiger partial charge in [-0.2, -0.15) is 4.98 Å². The van der Waals surface area contributed by atoms with E-state index in [2.05, 4.69) is 38.1 Å². The Hall–Kier alpha value is -0.880. The van der Waals surface area contributed by atoms with E-state index in [9.17, 15) is 0 Å². The number of anilines is 1. The summed E-state index contributed by atoms with van der Waals surface area (Å²) in [5, 5.41) is 3.20. The number of nitrogens with one attached hydrogen (secondary N) is 1. The van der Waals surface area contributed by atoms with E-state index in [1.807, 2.05) is 0 Å². The van der Waals surface area contributed by atoms with Crippen LogP contribution < -0.4 is 15.8 Å². The molecule has 0 spiro atoms. The van der Waals surface area contributed by atoms with Crippen molar-refractivity contribution in [3.63, 3.8) is 0 Å². The molecule has 0 fully saturated rings. The molecule has 0 saturated carbocycles. The number of hydrogen-bond acceptors (Lipinski definition) is 5. The third-order valence-corrected chi connectivity index (χ3v) is 3.15. The van der Waals surface area contributed by atoms with E-state index in [1.165, 1.54) is 0 Å². The molecule has 0 aliphatic carbocycles. The van der Waals surface area contributed by atoms with Crippen LogP contribution in [-0.4, -0.2) is 30.2 Å². The van der Waals surface area contributed by atoms with Gasteiger partial charge < -0.3 is 15.8 Å². The Bertz CT molecular complexity index is 348. The van der Waals surface area contributed by atoms with Crippen molar-refractivity contribution in [1.29, 1.82) is 0 Å². The first-order valence-electron chi connectivity index (χ1n) is 5.71. The average molecular weight is 303 g/mol. The summed E-state index contributed by atoms with van der Waals surface area (Å²) < 4.78 is 5.86. The molecule has 0 bridgehead atoms. The molecule has 1 unspecified atom stereocenters. The van der Waals surface area contributed by atoms with E-state index in [-0.39, 0.29) is 0 Å². The molecule has 0 aromatic carbocycles. The van der Waals surface area contributed by atoms with E-state index in [4.69, 9.17) is 10.5 Å². The molecule has 0 amide bonds. The van der Waals surface area contributed by atoms with Crippen molar-refractivity contribution in [1.82, 2.24) is 9.97 Å². The Balaban J connectivity index is 2.56. The summed E-state index contributed by atoms with van der Waals surface area (Å²) >= 11 is 3.31.